The summed E-state index contributed by atoms with van der Waals surface area (Å²) in [7, 11) is 0. The predicted molar refractivity (Wildman–Crippen MR) is 73.6 cm³/mol. The Kier molecular flexibility index (Phi) is 3.68. The molecule has 0 radical (unpaired) electrons. The summed E-state index contributed by atoms with van der Waals surface area (Å²) in [6.07, 6.45) is -1.39. The molecule has 0 amide bonds. The lowest BCUT2D eigenvalue weighted by atomic mass is 10.1. The van der Waals surface area contributed by atoms with E-state index in [9.17, 15) is 13.2 Å². The predicted octanol–water partition coefficient (Wildman–Crippen LogP) is 3.88. The number of halogens is 3. The van der Waals surface area contributed by atoms with Gasteiger partial charge >= 0.3 is 6.18 Å². The second kappa shape index (κ2) is 5.48. The van der Waals surface area contributed by atoms with Gasteiger partial charge in [-0.15, -0.1) is 0 Å². The lowest BCUT2D eigenvalue weighted by Gasteiger charge is -2.14. The van der Waals surface area contributed by atoms with Gasteiger partial charge in [0.1, 0.15) is 0 Å². The van der Waals surface area contributed by atoms with Crippen LogP contribution in [-0.2, 0) is 19.1 Å². The number of hydrogen-bond donors (Lipinski definition) is 1. The van der Waals surface area contributed by atoms with E-state index in [2.05, 4.69) is 22.4 Å². The van der Waals surface area contributed by atoms with Gasteiger partial charge in [-0.2, -0.15) is 13.2 Å². The number of alkyl halides is 3. The summed E-state index contributed by atoms with van der Waals surface area (Å²) in [4.78, 5) is 3.88. The molecule has 2 aromatic rings. The van der Waals surface area contributed by atoms with E-state index in [0.717, 1.165) is 25.1 Å². The van der Waals surface area contributed by atoms with Crippen molar-refractivity contribution in [3.8, 4) is 0 Å². The molecule has 0 aliphatic heterocycles. The average molecular weight is 292 g/mol. The monoisotopic (exact) mass is 292 g/mol. The molecule has 0 bridgehead atoms. The van der Waals surface area contributed by atoms with Crippen LogP contribution in [0.25, 0.3) is 0 Å². The topological polar surface area (TPSA) is 24.9 Å². The van der Waals surface area contributed by atoms with Crippen molar-refractivity contribution in [2.45, 2.75) is 31.6 Å². The second-order valence-electron chi connectivity index (χ2n) is 5.21. The number of nitrogens with zero attached hydrogens (tertiary/aromatic N) is 1. The number of aromatic nitrogens is 1. The third-order valence-electron chi connectivity index (χ3n) is 3.81. The number of benzene rings is 1. The average Bonchev–Trinajstić information content (AvgIpc) is 2.88. The molecular weight excluding hydrogens is 277 g/mol. The Hall–Kier alpha value is -1.88. The summed E-state index contributed by atoms with van der Waals surface area (Å²) in [6, 6.07) is 11.0. The summed E-state index contributed by atoms with van der Waals surface area (Å²) in [5, 5.41) is 3.37. The van der Waals surface area contributed by atoms with E-state index in [0.29, 0.717) is 12.2 Å². The van der Waals surface area contributed by atoms with Gasteiger partial charge in [0.05, 0.1) is 11.3 Å². The minimum Gasteiger partial charge on any atom is -0.304 e. The van der Waals surface area contributed by atoms with Crippen LogP contribution < -0.4 is 5.32 Å². The van der Waals surface area contributed by atoms with Gasteiger partial charge in [0.15, 0.2) is 0 Å². The smallest absolute Gasteiger partial charge is 0.304 e. The first kappa shape index (κ1) is 14.1. The zero-order valence-corrected chi connectivity index (χ0v) is 11.3. The van der Waals surface area contributed by atoms with Gasteiger partial charge in [-0.3, -0.25) is 4.98 Å². The maximum Gasteiger partial charge on any atom is 0.417 e. The van der Waals surface area contributed by atoms with Crippen molar-refractivity contribution >= 4 is 0 Å². The maximum absolute atomic E-state index is 12.5. The third kappa shape index (κ3) is 3.08. The van der Waals surface area contributed by atoms with Crippen LogP contribution in [-0.4, -0.2) is 4.98 Å². The number of fused-ring (bicyclic) bond motifs is 1. The van der Waals surface area contributed by atoms with E-state index in [4.69, 9.17) is 0 Å². The van der Waals surface area contributed by atoms with Gasteiger partial charge < -0.3 is 5.32 Å². The van der Waals surface area contributed by atoms with Crippen molar-refractivity contribution in [3.63, 3.8) is 0 Å². The molecular formula is C16H15F3N2. The first-order valence-corrected chi connectivity index (χ1v) is 6.87. The fraction of sp³-hybridized carbons (Fsp3) is 0.312. The summed E-state index contributed by atoms with van der Waals surface area (Å²) in [6.45, 7) is 0.469. The molecule has 1 aromatic heterocycles. The molecule has 0 saturated heterocycles. The quantitative estimate of drug-likeness (QED) is 0.928. The van der Waals surface area contributed by atoms with Crippen LogP contribution in [0.5, 0.6) is 0 Å². The molecule has 0 fully saturated rings. The lowest BCUT2D eigenvalue weighted by Crippen LogP contribution is -2.19. The van der Waals surface area contributed by atoms with Crippen molar-refractivity contribution in [1.82, 2.24) is 10.3 Å². The van der Waals surface area contributed by atoms with Crippen molar-refractivity contribution in [3.05, 3.63) is 65.0 Å². The molecule has 1 atom stereocenters. The summed E-state index contributed by atoms with van der Waals surface area (Å²) >= 11 is 0. The largest absolute Gasteiger partial charge is 0.417 e. The molecule has 110 valence electrons. The highest BCUT2D eigenvalue weighted by atomic mass is 19.4. The molecule has 2 nitrogen and oxygen atoms in total. The number of rotatable bonds is 3. The van der Waals surface area contributed by atoms with Crippen molar-refractivity contribution in [1.29, 1.82) is 0 Å². The van der Waals surface area contributed by atoms with E-state index < -0.39 is 11.7 Å². The van der Waals surface area contributed by atoms with Gasteiger partial charge in [0, 0.05) is 18.8 Å². The Labute approximate surface area is 121 Å². The van der Waals surface area contributed by atoms with Crippen LogP contribution in [0.15, 0.2) is 42.6 Å². The van der Waals surface area contributed by atoms with Gasteiger partial charge in [-0.1, -0.05) is 24.3 Å². The molecule has 1 N–H and O–H groups in total. The Morgan fingerprint density at radius 3 is 2.67 bits per heavy atom. The first-order valence-electron chi connectivity index (χ1n) is 6.87. The molecule has 0 saturated carbocycles. The van der Waals surface area contributed by atoms with Gasteiger partial charge in [0.2, 0.25) is 0 Å². The molecule has 1 unspecified atom stereocenters. The number of aryl methyl sites for hydroxylation is 1. The first-order chi connectivity index (χ1) is 10.0. The Balaban J connectivity index is 1.64. The van der Waals surface area contributed by atoms with E-state index in [1.165, 1.54) is 17.2 Å². The highest BCUT2D eigenvalue weighted by Crippen LogP contribution is 2.31. The number of hydrogen-bond acceptors (Lipinski definition) is 2. The summed E-state index contributed by atoms with van der Waals surface area (Å²) in [5.74, 6) is 0. The van der Waals surface area contributed by atoms with Crippen LogP contribution in [0.1, 0.15) is 34.8 Å². The Morgan fingerprint density at radius 1 is 1.14 bits per heavy atom. The number of pyridine rings is 1. The Bertz CT molecular complexity index is 620. The number of nitrogens with one attached hydrogen (secondary N) is 1. The highest BCUT2D eigenvalue weighted by molar-refractivity contribution is 5.34. The second-order valence-corrected chi connectivity index (χ2v) is 5.21. The fourth-order valence-electron chi connectivity index (χ4n) is 2.69. The maximum atomic E-state index is 12.5. The van der Waals surface area contributed by atoms with Crippen molar-refractivity contribution in [2.24, 2.45) is 0 Å². The van der Waals surface area contributed by atoms with Crippen LogP contribution in [0.2, 0.25) is 0 Å². The SMILES string of the molecule is FC(F)(F)c1ccc(CNC2CCc3ccccc32)nc1. The minimum atomic E-state index is -4.33. The highest BCUT2D eigenvalue weighted by Gasteiger charge is 2.30. The molecule has 1 aliphatic rings. The van der Waals surface area contributed by atoms with E-state index in [-0.39, 0.29) is 6.04 Å². The van der Waals surface area contributed by atoms with Crippen LogP contribution in [0, 0.1) is 0 Å². The molecule has 1 heterocycles. The fourth-order valence-corrected chi connectivity index (χ4v) is 2.69. The van der Waals surface area contributed by atoms with Crippen LogP contribution in [0.3, 0.4) is 0 Å². The zero-order valence-electron chi connectivity index (χ0n) is 11.3. The van der Waals surface area contributed by atoms with Gasteiger partial charge in [-0.05, 0) is 36.1 Å². The molecule has 5 heteroatoms. The molecule has 1 aliphatic carbocycles. The lowest BCUT2D eigenvalue weighted by molar-refractivity contribution is -0.137. The standard InChI is InChI=1S/C16H15F3N2/c17-16(18,19)12-6-7-13(20-9-12)10-21-15-8-5-11-3-1-2-4-14(11)15/h1-4,6-7,9,15,21H,5,8,10H2. The molecule has 1 aromatic carbocycles. The van der Waals surface area contributed by atoms with Crippen molar-refractivity contribution in [2.75, 3.05) is 0 Å². The van der Waals surface area contributed by atoms with Crippen LogP contribution >= 0.6 is 0 Å². The van der Waals surface area contributed by atoms with Gasteiger partial charge in [-0.25, -0.2) is 0 Å². The van der Waals surface area contributed by atoms with Crippen LogP contribution in [0.4, 0.5) is 13.2 Å². The molecule has 3 rings (SSSR count). The van der Waals surface area contributed by atoms with Gasteiger partial charge in [0.25, 0.3) is 0 Å². The summed E-state index contributed by atoms with van der Waals surface area (Å²) < 4.78 is 37.4. The minimum absolute atomic E-state index is 0.255. The third-order valence-corrected chi connectivity index (χ3v) is 3.81. The van der Waals surface area contributed by atoms with E-state index >= 15 is 0 Å². The normalized spacial score (nSPS) is 17.8. The van der Waals surface area contributed by atoms with E-state index in [1.807, 2.05) is 12.1 Å². The van der Waals surface area contributed by atoms with E-state index in [1.54, 1.807) is 0 Å². The summed E-state index contributed by atoms with van der Waals surface area (Å²) in [5.41, 5.74) is 2.53. The van der Waals surface area contributed by atoms with Crippen molar-refractivity contribution < 1.29 is 13.2 Å². The Morgan fingerprint density at radius 2 is 1.95 bits per heavy atom. The zero-order chi connectivity index (χ0) is 14.9. The molecule has 0 spiro atoms. The molecule has 21 heavy (non-hydrogen) atoms.